The van der Waals surface area contributed by atoms with Crippen LogP contribution in [0, 0.1) is 20.8 Å². The van der Waals surface area contributed by atoms with Gasteiger partial charge in [-0.3, -0.25) is 14.8 Å². The molecule has 0 radical (unpaired) electrons. The fraction of sp³-hybridized carbons (Fsp3) is 0.261. The molecule has 1 amide bonds. The summed E-state index contributed by atoms with van der Waals surface area (Å²) in [4.78, 5) is 17.8. The topological polar surface area (TPSA) is 69.0 Å². The number of carbonyl (C=O) groups is 1. The normalized spacial score (nSPS) is 11.0. The molecule has 1 aromatic carbocycles. The van der Waals surface area contributed by atoms with Gasteiger partial charge in [0, 0.05) is 29.2 Å². The van der Waals surface area contributed by atoms with Gasteiger partial charge in [0.25, 0.3) is 5.91 Å². The van der Waals surface area contributed by atoms with E-state index in [1.807, 2.05) is 40.7 Å². The van der Waals surface area contributed by atoms with Gasteiger partial charge in [-0.15, -0.1) is 22.7 Å². The molecule has 0 spiro atoms. The van der Waals surface area contributed by atoms with Crippen LogP contribution in [-0.2, 0) is 13.2 Å². The summed E-state index contributed by atoms with van der Waals surface area (Å²) >= 11 is 2.81. The third-order valence-electron chi connectivity index (χ3n) is 5.01. The quantitative estimate of drug-likeness (QED) is 0.382. The van der Waals surface area contributed by atoms with Crippen molar-refractivity contribution < 1.29 is 9.53 Å². The second-order valence-electron chi connectivity index (χ2n) is 7.39. The summed E-state index contributed by atoms with van der Waals surface area (Å²) in [6, 6.07) is 6.07. The van der Waals surface area contributed by atoms with Crippen molar-refractivity contribution in [3.8, 4) is 17.0 Å². The van der Waals surface area contributed by atoms with Gasteiger partial charge in [-0.1, -0.05) is 6.07 Å². The third kappa shape index (κ3) is 4.86. The van der Waals surface area contributed by atoms with Crippen LogP contribution in [0.3, 0.4) is 0 Å². The maximum Gasteiger partial charge on any atom is 0.267 e. The van der Waals surface area contributed by atoms with Gasteiger partial charge in [-0.2, -0.15) is 5.10 Å². The standard InChI is InChI=1S/C23H24N4O2S2/c1-5-27-10-18(9-24-27)19-13-31-23(25-19)26-22(28)21-8-17(12-30-21)11-29-20-7-14(2)6-15(3)16(20)4/h6-10,12-13H,5,11H2,1-4H3,(H,25,26,28). The second-order valence-corrected chi connectivity index (χ2v) is 9.16. The number of ether oxygens (including phenoxy) is 1. The molecule has 0 bridgehead atoms. The molecule has 0 aliphatic carbocycles. The molecule has 0 unspecified atom stereocenters. The lowest BCUT2D eigenvalue weighted by Gasteiger charge is -2.11. The Labute approximate surface area is 189 Å². The molecule has 0 aliphatic rings. The first-order valence-corrected chi connectivity index (χ1v) is 11.8. The van der Waals surface area contributed by atoms with Gasteiger partial charge in [0.2, 0.25) is 0 Å². The molecule has 0 saturated heterocycles. The molecule has 0 atom stereocenters. The van der Waals surface area contributed by atoms with E-state index in [9.17, 15) is 4.79 Å². The van der Waals surface area contributed by atoms with E-state index in [1.165, 1.54) is 33.8 Å². The fourth-order valence-corrected chi connectivity index (χ4v) is 4.68. The number of nitrogens with one attached hydrogen (secondary N) is 1. The maximum atomic E-state index is 12.6. The van der Waals surface area contributed by atoms with Crippen LogP contribution in [-0.4, -0.2) is 20.7 Å². The van der Waals surface area contributed by atoms with Crippen molar-refractivity contribution in [2.75, 3.05) is 5.32 Å². The van der Waals surface area contributed by atoms with E-state index in [0.717, 1.165) is 34.7 Å². The molecule has 4 aromatic rings. The number of benzene rings is 1. The van der Waals surface area contributed by atoms with Gasteiger partial charge in [0.05, 0.1) is 16.8 Å². The highest BCUT2D eigenvalue weighted by Crippen LogP contribution is 2.27. The van der Waals surface area contributed by atoms with Crippen LogP contribution in [0.5, 0.6) is 5.75 Å². The van der Waals surface area contributed by atoms with Crippen LogP contribution in [0.1, 0.15) is 38.8 Å². The Hall–Kier alpha value is -2.97. The number of carbonyl (C=O) groups excluding carboxylic acids is 1. The number of amides is 1. The number of thiophene rings is 1. The highest BCUT2D eigenvalue weighted by molar-refractivity contribution is 7.14. The third-order valence-corrected chi connectivity index (χ3v) is 6.75. The van der Waals surface area contributed by atoms with Gasteiger partial charge in [-0.25, -0.2) is 4.98 Å². The molecule has 160 valence electrons. The second kappa shape index (κ2) is 9.03. The zero-order valence-electron chi connectivity index (χ0n) is 17.9. The van der Waals surface area contributed by atoms with Crippen molar-refractivity contribution >= 4 is 33.7 Å². The maximum absolute atomic E-state index is 12.6. The van der Waals surface area contributed by atoms with Crippen LogP contribution in [0.15, 0.2) is 41.4 Å². The summed E-state index contributed by atoms with van der Waals surface area (Å²) in [6.07, 6.45) is 3.73. The molecule has 1 N–H and O–H groups in total. The molecule has 8 heteroatoms. The van der Waals surface area contributed by atoms with Crippen LogP contribution in [0.2, 0.25) is 0 Å². The average Bonchev–Trinajstić information content (AvgIpc) is 3.49. The van der Waals surface area contributed by atoms with Crippen molar-refractivity contribution in [1.29, 1.82) is 0 Å². The van der Waals surface area contributed by atoms with Crippen LogP contribution in [0.4, 0.5) is 5.13 Å². The Balaban J connectivity index is 1.38. The molecular formula is C23H24N4O2S2. The Bertz CT molecular complexity index is 1220. The van der Waals surface area contributed by atoms with E-state index >= 15 is 0 Å². The minimum atomic E-state index is -0.163. The lowest BCUT2D eigenvalue weighted by Crippen LogP contribution is -2.09. The summed E-state index contributed by atoms with van der Waals surface area (Å²) in [5, 5.41) is 11.6. The minimum absolute atomic E-state index is 0.163. The summed E-state index contributed by atoms with van der Waals surface area (Å²) in [5.74, 6) is 0.723. The van der Waals surface area contributed by atoms with Gasteiger partial charge in [0.1, 0.15) is 12.4 Å². The van der Waals surface area contributed by atoms with Crippen molar-refractivity contribution in [2.45, 2.75) is 40.8 Å². The Morgan fingerprint density at radius 3 is 2.77 bits per heavy atom. The monoisotopic (exact) mass is 452 g/mol. The lowest BCUT2D eigenvalue weighted by molar-refractivity contribution is 0.103. The average molecular weight is 453 g/mol. The lowest BCUT2D eigenvalue weighted by atomic mass is 10.1. The van der Waals surface area contributed by atoms with E-state index in [4.69, 9.17) is 4.74 Å². The molecule has 31 heavy (non-hydrogen) atoms. The zero-order valence-corrected chi connectivity index (χ0v) is 19.6. The predicted molar refractivity (Wildman–Crippen MR) is 126 cm³/mol. The molecule has 4 rings (SSSR count). The van der Waals surface area contributed by atoms with Gasteiger partial charge >= 0.3 is 0 Å². The smallest absolute Gasteiger partial charge is 0.267 e. The molecule has 6 nitrogen and oxygen atoms in total. The molecule has 3 heterocycles. The number of thiazole rings is 1. The number of hydrogen-bond acceptors (Lipinski definition) is 6. The Morgan fingerprint density at radius 2 is 2.00 bits per heavy atom. The molecule has 0 aliphatic heterocycles. The summed E-state index contributed by atoms with van der Waals surface area (Å²) in [5.41, 5.74) is 6.25. The Kier molecular flexibility index (Phi) is 6.20. The molecule has 3 aromatic heterocycles. The number of hydrogen-bond donors (Lipinski definition) is 1. The number of nitrogens with zero attached hydrogens (tertiary/aromatic N) is 3. The van der Waals surface area contributed by atoms with Gasteiger partial charge in [-0.05, 0) is 61.9 Å². The number of rotatable bonds is 7. The summed E-state index contributed by atoms with van der Waals surface area (Å²) < 4.78 is 7.87. The largest absolute Gasteiger partial charge is 0.489 e. The zero-order chi connectivity index (χ0) is 22.0. The van der Waals surface area contributed by atoms with Gasteiger partial charge in [0.15, 0.2) is 5.13 Å². The Morgan fingerprint density at radius 1 is 1.16 bits per heavy atom. The summed E-state index contributed by atoms with van der Waals surface area (Å²) in [6.45, 7) is 9.48. The van der Waals surface area contributed by atoms with E-state index in [2.05, 4.69) is 42.2 Å². The molecule has 0 saturated carbocycles. The number of anilines is 1. The van der Waals surface area contributed by atoms with Crippen LogP contribution < -0.4 is 10.1 Å². The minimum Gasteiger partial charge on any atom is -0.489 e. The predicted octanol–water partition coefficient (Wildman–Crippen LogP) is 5.84. The van der Waals surface area contributed by atoms with E-state index in [1.54, 1.807) is 6.20 Å². The van der Waals surface area contributed by atoms with Crippen molar-refractivity contribution in [3.63, 3.8) is 0 Å². The molecular weight excluding hydrogens is 428 g/mol. The van der Waals surface area contributed by atoms with Gasteiger partial charge < -0.3 is 4.74 Å². The van der Waals surface area contributed by atoms with Crippen molar-refractivity contribution in [1.82, 2.24) is 14.8 Å². The van der Waals surface area contributed by atoms with Crippen LogP contribution >= 0.6 is 22.7 Å². The fourth-order valence-electron chi connectivity index (χ4n) is 3.17. The highest BCUT2D eigenvalue weighted by Gasteiger charge is 2.14. The van der Waals surface area contributed by atoms with Crippen LogP contribution in [0.25, 0.3) is 11.3 Å². The first-order chi connectivity index (χ1) is 14.9. The first kappa shape index (κ1) is 21.3. The summed E-state index contributed by atoms with van der Waals surface area (Å²) in [7, 11) is 0. The van der Waals surface area contributed by atoms with E-state index in [-0.39, 0.29) is 5.91 Å². The first-order valence-electron chi connectivity index (χ1n) is 10.0. The van der Waals surface area contributed by atoms with Crippen molar-refractivity contribution in [2.24, 2.45) is 0 Å². The van der Waals surface area contributed by atoms with E-state index < -0.39 is 0 Å². The molecule has 0 fully saturated rings. The number of aromatic nitrogens is 3. The number of aryl methyl sites for hydroxylation is 3. The van der Waals surface area contributed by atoms with E-state index in [0.29, 0.717) is 16.6 Å². The highest BCUT2D eigenvalue weighted by atomic mass is 32.1. The SMILES string of the molecule is CCn1cc(-c2csc(NC(=O)c3cc(COc4cc(C)cc(C)c4C)cs3)n2)cn1. The van der Waals surface area contributed by atoms with Crippen molar-refractivity contribution in [3.05, 3.63) is 68.5 Å².